The molecule has 3 aromatic carbocycles. The molecule has 0 bridgehead atoms. The fourth-order valence-corrected chi connectivity index (χ4v) is 3.05. The van der Waals surface area contributed by atoms with Crippen LogP contribution in [0.25, 0.3) is 22.3 Å². The molecule has 0 saturated carbocycles. The van der Waals surface area contributed by atoms with Crippen molar-refractivity contribution >= 4 is 0 Å². The van der Waals surface area contributed by atoms with E-state index in [0.717, 1.165) is 12.8 Å². The molecule has 0 atom stereocenters. The van der Waals surface area contributed by atoms with Crippen LogP contribution >= 0.6 is 0 Å². The summed E-state index contributed by atoms with van der Waals surface area (Å²) in [6.07, 6.45) is 2.74. The van der Waals surface area contributed by atoms with Crippen LogP contribution in [0.1, 0.15) is 24.0 Å². The van der Waals surface area contributed by atoms with Gasteiger partial charge in [0.1, 0.15) is 0 Å². The highest BCUT2D eigenvalue weighted by Gasteiger charge is 2.02. The number of hydrogen-bond acceptors (Lipinski definition) is 1. The molecule has 26 heavy (non-hydrogen) atoms. The quantitative estimate of drug-likeness (QED) is 0.488. The fraction of sp³-hybridized carbons (Fsp3) is 0.208. The first-order chi connectivity index (χ1) is 12.8. The van der Waals surface area contributed by atoms with Gasteiger partial charge in [0.15, 0.2) is 0 Å². The highest BCUT2D eigenvalue weighted by Crippen LogP contribution is 2.25. The zero-order valence-electron chi connectivity index (χ0n) is 14.8. The lowest BCUT2D eigenvalue weighted by Crippen LogP contribution is -1.87. The Balaban J connectivity index is 1.71. The molecule has 0 aliphatic heterocycles. The maximum atomic E-state index is 12.3. The topological polar surface area (TPSA) is 23.8 Å². The van der Waals surface area contributed by atoms with Crippen molar-refractivity contribution in [1.82, 2.24) is 0 Å². The highest BCUT2D eigenvalue weighted by atomic mass is 19.1. The van der Waals surface area contributed by atoms with Gasteiger partial charge in [0.05, 0.1) is 12.7 Å². The van der Waals surface area contributed by atoms with E-state index in [1.807, 2.05) is 0 Å². The van der Waals surface area contributed by atoms with Crippen LogP contribution in [-0.2, 0) is 12.8 Å². The number of benzene rings is 3. The molecule has 0 unspecified atom stereocenters. The van der Waals surface area contributed by atoms with Crippen molar-refractivity contribution < 1.29 is 4.39 Å². The SMILES string of the molecule is N#CCCc1ccc(-c2ccc(-c3ccc(CCCF)cc3)cc2)cc1. The van der Waals surface area contributed by atoms with Crippen LogP contribution in [0, 0.1) is 11.3 Å². The van der Waals surface area contributed by atoms with Crippen LogP contribution in [0.5, 0.6) is 0 Å². The van der Waals surface area contributed by atoms with Gasteiger partial charge in [0.2, 0.25) is 0 Å². The number of nitriles is 1. The molecule has 0 heterocycles. The van der Waals surface area contributed by atoms with Gasteiger partial charge in [0.25, 0.3) is 0 Å². The molecule has 0 aromatic heterocycles. The molecule has 0 saturated heterocycles. The van der Waals surface area contributed by atoms with Crippen molar-refractivity contribution in [3.63, 3.8) is 0 Å². The summed E-state index contributed by atoms with van der Waals surface area (Å²) in [6.45, 7) is -0.261. The van der Waals surface area contributed by atoms with Gasteiger partial charge in [-0.25, -0.2) is 0 Å². The molecule has 2 heteroatoms. The maximum absolute atomic E-state index is 12.3. The molecule has 3 rings (SSSR count). The Morgan fingerprint density at radius 1 is 0.615 bits per heavy atom. The molecular formula is C24H22FN. The van der Waals surface area contributed by atoms with E-state index >= 15 is 0 Å². The van der Waals surface area contributed by atoms with Gasteiger partial charge in [0, 0.05) is 6.42 Å². The lowest BCUT2D eigenvalue weighted by molar-refractivity contribution is 0.473. The van der Waals surface area contributed by atoms with Crippen molar-refractivity contribution in [1.29, 1.82) is 5.26 Å². The normalized spacial score (nSPS) is 10.5. The van der Waals surface area contributed by atoms with Gasteiger partial charge in [-0.1, -0.05) is 72.8 Å². The van der Waals surface area contributed by atoms with E-state index in [2.05, 4.69) is 78.9 Å². The predicted octanol–water partition coefficient (Wildman–Crippen LogP) is 6.38. The van der Waals surface area contributed by atoms with Crippen LogP contribution in [0.15, 0.2) is 72.8 Å². The number of nitrogens with zero attached hydrogens (tertiary/aromatic N) is 1. The van der Waals surface area contributed by atoms with Gasteiger partial charge >= 0.3 is 0 Å². The zero-order chi connectivity index (χ0) is 18.2. The molecule has 0 aliphatic rings. The minimum absolute atomic E-state index is 0.261. The number of alkyl halides is 1. The van der Waals surface area contributed by atoms with Crippen molar-refractivity contribution in [3.05, 3.63) is 83.9 Å². The third-order valence-corrected chi connectivity index (χ3v) is 4.58. The molecule has 0 N–H and O–H groups in total. The van der Waals surface area contributed by atoms with E-state index in [1.54, 1.807) is 0 Å². The second-order valence-corrected chi connectivity index (χ2v) is 6.42. The zero-order valence-corrected chi connectivity index (χ0v) is 14.8. The van der Waals surface area contributed by atoms with Crippen LogP contribution in [0.3, 0.4) is 0 Å². The van der Waals surface area contributed by atoms with E-state index < -0.39 is 0 Å². The number of rotatable bonds is 7. The van der Waals surface area contributed by atoms with Gasteiger partial charge in [-0.15, -0.1) is 0 Å². The van der Waals surface area contributed by atoms with E-state index in [1.165, 1.54) is 33.4 Å². The van der Waals surface area contributed by atoms with Crippen LogP contribution in [0.2, 0.25) is 0 Å². The summed E-state index contributed by atoms with van der Waals surface area (Å²) in [6, 6.07) is 27.5. The minimum Gasteiger partial charge on any atom is -0.251 e. The minimum atomic E-state index is -0.261. The Hall–Kier alpha value is -2.92. The molecule has 1 nitrogen and oxygen atoms in total. The standard InChI is InChI=1S/C24H22FN/c25-17-1-3-19-5-9-21(10-6-19)23-13-15-24(16-14-23)22-11-7-20(8-12-22)4-2-18-26/h5-16H,1-4,17H2. The molecule has 3 aromatic rings. The average Bonchev–Trinajstić information content (AvgIpc) is 2.72. The van der Waals surface area contributed by atoms with Gasteiger partial charge in [-0.05, 0) is 52.6 Å². The molecule has 0 radical (unpaired) electrons. The number of halogens is 1. The first kappa shape index (κ1) is 17.9. The van der Waals surface area contributed by atoms with Crippen LogP contribution in [-0.4, -0.2) is 6.67 Å². The van der Waals surface area contributed by atoms with Crippen LogP contribution < -0.4 is 0 Å². The molecule has 0 amide bonds. The average molecular weight is 343 g/mol. The third-order valence-electron chi connectivity index (χ3n) is 4.58. The van der Waals surface area contributed by atoms with Gasteiger partial charge in [-0.3, -0.25) is 4.39 Å². The summed E-state index contributed by atoms with van der Waals surface area (Å²) in [5, 5.41) is 8.67. The Morgan fingerprint density at radius 2 is 1.00 bits per heavy atom. The van der Waals surface area contributed by atoms with Crippen molar-refractivity contribution in [2.45, 2.75) is 25.7 Å². The molecule has 130 valence electrons. The Bertz CT molecular complexity index is 856. The van der Waals surface area contributed by atoms with E-state index in [0.29, 0.717) is 12.8 Å². The van der Waals surface area contributed by atoms with Gasteiger partial charge in [-0.2, -0.15) is 5.26 Å². The summed E-state index contributed by atoms with van der Waals surface area (Å²) < 4.78 is 12.3. The Kier molecular flexibility index (Phi) is 6.17. The summed E-state index contributed by atoms with van der Waals surface area (Å²) in [5.74, 6) is 0. The monoisotopic (exact) mass is 343 g/mol. The van der Waals surface area contributed by atoms with Crippen molar-refractivity contribution in [2.75, 3.05) is 6.67 Å². The first-order valence-corrected chi connectivity index (χ1v) is 9.02. The largest absolute Gasteiger partial charge is 0.251 e. The van der Waals surface area contributed by atoms with Crippen LogP contribution in [0.4, 0.5) is 4.39 Å². The first-order valence-electron chi connectivity index (χ1n) is 9.02. The van der Waals surface area contributed by atoms with E-state index in [9.17, 15) is 4.39 Å². The summed E-state index contributed by atoms with van der Waals surface area (Å²) in [5.41, 5.74) is 7.09. The summed E-state index contributed by atoms with van der Waals surface area (Å²) in [4.78, 5) is 0. The summed E-state index contributed by atoms with van der Waals surface area (Å²) in [7, 11) is 0. The second kappa shape index (κ2) is 8.97. The van der Waals surface area contributed by atoms with Crippen molar-refractivity contribution in [3.8, 4) is 28.3 Å². The fourth-order valence-electron chi connectivity index (χ4n) is 3.05. The van der Waals surface area contributed by atoms with E-state index in [4.69, 9.17) is 5.26 Å². The maximum Gasteiger partial charge on any atom is 0.0897 e. The Morgan fingerprint density at radius 3 is 1.38 bits per heavy atom. The molecule has 0 aliphatic carbocycles. The number of aryl methyl sites for hydroxylation is 2. The molecule has 0 spiro atoms. The lowest BCUT2D eigenvalue weighted by atomic mass is 9.98. The second-order valence-electron chi connectivity index (χ2n) is 6.42. The van der Waals surface area contributed by atoms with E-state index in [-0.39, 0.29) is 6.67 Å². The Labute approximate surface area is 154 Å². The number of hydrogen-bond donors (Lipinski definition) is 0. The highest BCUT2D eigenvalue weighted by molar-refractivity contribution is 5.70. The summed E-state index contributed by atoms with van der Waals surface area (Å²) >= 11 is 0. The lowest BCUT2D eigenvalue weighted by Gasteiger charge is -2.07. The third kappa shape index (κ3) is 4.58. The molecule has 0 fully saturated rings. The molecular weight excluding hydrogens is 321 g/mol. The van der Waals surface area contributed by atoms with Gasteiger partial charge < -0.3 is 0 Å². The van der Waals surface area contributed by atoms with Crippen molar-refractivity contribution in [2.24, 2.45) is 0 Å². The predicted molar refractivity (Wildman–Crippen MR) is 106 cm³/mol. The smallest absolute Gasteiger partial charge is 0.0897 e.